The highest BCUT2D eigenvalue weighted by atomic mass is 32.2. The Morgan fingerprint density at radius 3 is 2.35 bits per heavy atom. The summed E-state index contributed by atoms with van der Waals surface area (Å²) in [5, 5.41) is 3.33. The highest BCUT2D eigenvalue weighted by molar-refractivity contribution is 7.89. The SMILES string of the molecule is CNS(=O)(=O)c1ccccc1NC(CCN)C(C)(C)C. The van der Waals surface area contributed by atoms with Crippen molar-refractivity contribution in [3.63, 3.8) is 0 Å². The van der Waals surface area contributed by atoms with Crippen molar-refractivity contribution in [2.24, 2.45) is 11.1 Å². The molecule has 0 saturated carbocycles. The zero-order valence-corrected chi connectivity index (χ0v) is 13.4. The van der Waals surface area contributed by atoms with E-state index in [1.54, 1.807) is 18.2 Å². The largest absolute Gasteiger partial charge is 0.381 e. The quantitative estimate of drug-likeness (QED) is 0.747. The molecular weight excluding hydrogens is 274 g/mol. The summed E-state index contributed by atoms with van der Waals surface area (Å²) in [7, 11) is -2.07. The zero-order chi connectivity index (χ0) is 15.4. The van der Waals surface area contributed by atoms with Gasteiger partial charge in [0.15, 0.2) is 0 Å². The van der Waals surface area contributed by atoms with Gasteiger partial charge in [-0.25, -0.2) is 13.1 Å². The van der Waals surface area contributed by atoms with Gasteiger partial charge in [0.1, 0.15) is 4.90 Å². The molecular formula is C14H25N3O2S. The summed E-state index contributed by atoms with van der Waals surface area (Å²) >= 11 is 0. The minimum Gasteiger partial charge on any atom is -0.381 e. The molecule has 0 aliphatic rings. The van der Waals surface area contributed by atoms with Crippen molar-refractivity contribution in [3.8, 4) is 0 Å². The Kier molecular flexibility index (Phi) is 5.56. The van der Waals surface area contributed by atoms with Crippen LogP contribution in [0.4, 0.5) is 5.69 Å². The third-order valence-electron chi connectivity index (χ3n) is 3.28. The van der Waals surface area contributed by atoms with Crippen LogP contribution in [0.1, 0.15) is 27.2 Å². The van der Waals surface area contributed by atoms with Gasteiger partial charge >= 0.3 is 0 Å². The third-order valence-corrected chi connectivity index (χ3v) is 4.75. The van der Waals surface area contributed by atoms with Crippen LogP contribution in [0.15, 0.2) is 29.2 Å². The molecule has 20 heavy (non-hydrogen) atoms. The number of sulfonamides is 1. The number of hydrogen-bond acceptors (Lipinski definition) is 4. The standard InChI is InChI=1S/C14H25N3O2S/c1-14(2,3)13(9-10-15)17-11-7-5-6-8-12(11)20(18,19)16-4/h5-8,13,16-17H,9-10,15H2,1-4H3. The number of rotatable bonds is 6. The second-order valence-corrected chi connectivity index (χ2v) is 7.70. The molecule has 0 spiro atoms. The van der Waals surface area contributed by atoms with Gasteiger partial charge in [-0.3, -0.25) is 0 Å². The Hall–Kier alpha value is -1.11. The van der Waals surface area contributed by atoms with Gasteiger partial charge in [0.2, 0.25) is 10.0 Å². The van der Waals surface area contributed by atoms with Crippen molar-refractivity contribution in [2.75, 3.05) is 18.9 Å². The third kappa shape index (κ3) is 4.19. The molecule has 1 unspecified atom stereocenters. The summed E-state index contributed by atoms with van der Waals surface area (Å²) in [6.45, 7) is 6.87. The fourth-order valence-corrected chi connectivity index (χ4v) is 2.90. The van der Waals surface area contributed by atoms with Crippen LogP contribution in [0.3, 0.4) is 0 Å². The second kappa shape index (κ2) is 6.56. The normalized spacial score (nSPS) is 14.1. The van der Waals surface area contributed by atoms with E-state index in [1.807, 2.05) is 6.07 Å². The lowest BCUT2D eigenvalue weighted by molar-refractivity contribution is 0.328. The molecule has 0 aliphatic heterocycles. The van der Waals surface area contributed by atoms with Crippen LogP contribution in [0.25, 0.3) is 0 Å². The fourth-order valence-electron chi connectivity index (χ4n) is 2.01. The van der Waals surface area contributed by atoms with Crippen molar-refractivity contribution < 1.29 is 8.42 Å². The van der Waals surface area contributed by atoms with Crippen LogP contribution < -0.4 is 15.8 Å². The van der Waals surface area contributed by atoms with Crippen LogP contribution in [-0.4, -0.2) is 28.1 Å². The molecule has 0 heterocycles. The number of hydrogen-bond donors (Lipinski definition) is 3. The maximum Gasteiger partial charge on any atom is 0.242 e. The topological polar surface area (TPSA) is 84.2 Å². The van der Waals surface area contributed by atoms with Crippen molar-refractivity contribution in [1.82, 2.24) is 4.72 Å². The first kappa shape index (κ1) is 16.9. The molecule has 0 saturated heterocycles. The molecule has 4 N–H and O–H groups in total. The number of nitrogens with two attached hydrogens (primary N) is 1. The molecule has 0 aliphatic carbocycles. The molecule has 0 aromatic heterocycles. The van der Waals surface area contributed by atoms with Gasteiger partial charge in [0, 0.05) is 6.04 Å². The Labute approximate surface area is 122 Å². The number of benzene rings is 1. The van der Waals surface area contributed by atoms with E-state index in [9.17, 15) is 8.42 Å². The van der Waals surface area contributed by atoms with E-state index < -0.39 is 10.0 Å². The molecule has 1 rings (SSSR count). The van der Waals surface area contributed by atoms with Crippen molar-refractivity contribution in [1.29, 1.82) is 0 Å². The van der Waals surface area contributed by atoms with Crippen LogP contribution in [0.5, 0.6) is 0 Å². The molecule has 1 aromatic carbocycles. The van der Waals surface area contributed by atoms with E-state index in [0.717, 1.165) is 6.42 Å². The minimum atomic E-state index is -3.48. The molecule has 1 atom stereocenters. The van der Waals surface area contributed by atoms with Gasteiger partial charge in [-0.1, -0.05) is 32.9 Å². The highest BCUT2D eigenvalue weighted by Gasteiger charge is 2.26. The van der Waals surface area contributed by atoms with Crippen molar-refractivity contribution in [2.45, 2.75) is 38.1 Å². The average Bonchev–Trinajstić information content (AvgIpc) is 2.37. The molecule has 5 nitrogen and oxygen atoms in total. The molecule has 114 valence electrons. The predicted octanol–water partition coefficient (Wildman–Crippen LogP) is 1.77. The monoisotopic (exact) mass is 299 g/mol. The fraction of sp³-hybridized carbons (Fsp3) is 0.571. The first-order valence-corrected chi connectivity index (χ1v) is 8.20. The molecule has 0 fully saturated rings. The van der Waals surface area contributed by atoms with Crippen LogP contribution >= 0.6 is 0 Å². The number of para-hydroxylation sites is 1. The first-order chi connectivity index (χ1) is 9.22. The van der Waals surface area contributed by atoms with Gasteiger partial charge in [0.05, 0.1) is 5.69 Å². The zero-order valence-electron chi connectivity index (χ0n) is 12.6. The highest BCUT2D eigenvalue weighted by Crippen LogP contribution is 2.28. The van der Waals surface area contributed by atoms with E-state index in [1.165, 1.54) is 7.05 Å². The smallest absolute Gasteiger partial charge is 0.242 e. The van der Waals surface area contributed by atoms with E-state index >= 15 is 0 Å². The maximum atomic E-state index is 12.0. The van der Waals surface area contributed by atoms with Gasteiger partial charge in [-0.15, -0.1) is 0 Å². The Morgan fingerprint density at radius 1 is 1.25 bits per heavy atom. The van der Waals surface area contributed by atoms with E-state index in [0.29, 0.717) is 12.2 Å². The number of anilines is 1. The Morgan fingerprint density at radius 2 is 1.85 bits per heavy atom. The van der Waals surface area contributed by atoms with E-state index in [-0.39, 0.29) is 16.4 Å². The molecule has 0 amide bonds. The van der Waals surface area contributed by atoms with Crippen molar-refractivity contribution in [3.05, 3.63) is 24.3 Å². The van der Waals surface area contributed by atoms with Gasteiger partial charge in [-0.05, 0) is 37.6 Å². The number of nitrogens with one attached hydrogen (secondary N) is 2. The van der Waals surface area contributed by atoms with E-state index in [4.69, 9.17) is 5.73 Å². The summed E-state index contributed by atoms with van der Waals surface area (Å²) in [4.78, 5) is 0.258. The lowest BCUT2D eigenvalue weighted by Crippen LogP contribution is -2.36. The average molecular weight is 299 g/mol. The van der Waals surface area contributed by atoms with Crippen LogP contribution in [-0.2, 0) is 10.0 Å². The van der Waals surface area contributed by atoms with E-state index in [2.05, 4.69) is 30.8 Å². The predicted molar refractivity (Wildman–Crippen MR) is 83.2 cm³/mol. The molecule has 1 aromatic rings. The second-order valence-electron chi connectivity index (χ2n) is 5.84. The van der Waals surface area contributed by atoms with Crippen molar-refractivity contribution >= 4 is 15.7 Å². The molecule has 0 radical (unpaired) electrons. The summed E-state index contributed by atoms with van der Waals surface area (Å²) < 4.78 is 26.4. The lowest BCUT2D eigenvalue weighted by atomic mass is 9.84. The Balaban J connectivity index is 3.15. The molecule has 0 bridgehead atoms. The lowest BCUT2D eigenvalue weighted by Gasteiger charge is -2.32. The maximum absolute atomic E-state index is 12.0. The summed E-state index contributed by atoms with van der Waals surface area (Å²) in [5.74, 6) is 0. The summed E-state index contributed by atoms with van der Waals surface area (Å²) in [5.41, 5.74) is 6.25. The summed E-state index contributed by atoms with van der Waals surface area (Å²) in [6.07, 6.45) is 0.775. The van der Waals surface area contributed by atoms with Gasteiger partial charge in [0.25, 0.3) is 0 Å². The summed E-state index contributed by atoms with van der Waals surface area (Å²) in [6, 6.07) is 7.00. The minimum absolute atomic E-state index is 0.0180. The first-order valence-electron chi connectivity index (χ1n) is 6.71. The van der Waals surface area contributed by atoms with Crippen LogP contribution in [0, 0.1) is 5.41 Å². The van der Waals surface area contributed by atoms with Gasteiger partial charge in [-0.2, -0.15) is 0 Å². The molecule has 6 heteroatoms. The van der Waals surface area contributed by atoms with Gasteiger partial charge < -0.3 is 11.1 Å². The Bertz CT molecular complexity index is 536. The van der Waals surface area contributed by atoms with Crippen LogP contribution in [0.2, 0.25) is 0 Å².